The second-order valence-corrected chi connectivity index (χ2v) is 7.01. The first kappa shape index (κ1) is 16.6. The maximum atomic E-state index is 12.3. The number of nitrogens with one attached hydrogen (secondary N) is 1. The van der Waals surface area contributed by atoms with Crippen molar-refractivity contribution in [3.05, 3.63) is 65.7 Å². The van der Waals surface area contributed by atoms with Crippen molar-refractivity contribution in [3.63, 3.8) is 0 Å². The van der Waals surface area contributed by atoms with Crippen LogP contribution in [0, 0.1) is 11.8 Å². The van der Waals surface area contributed by atoms with E-state index in [0.29, 0.717) is 18.3 Å². The molecular weight excluding hydrogens is 298 g/mol. The molecule has 3 heteroatoms. The molecule has 0 aliphatic heterocycles. The lowest BCUT2D eigenvalue weighted by atomic mass is 9.91. The zero-order chi connectivity index (χ0) is 16.9. The van der Waals surface area contributed by atoms with Gasteiger partial charge in [0.25, 0.3) is 0 Å². The molecular formula is C21H25NO2. The zero-order valence-electron chi connectivity index (χ0n) is 14.1. The normalized spacial score (nSPS) is 23.1. The molecule has 2 N–H and O–H groups in total. The molecule has 0 saturated heterocycles. The van der Waals surface area contributed by atoms with E-state index in [9.17, 15) is 9.90 Å². The summed E-state index contributed by atoms with van der Waals surface area (Å²) in [5.74, 6) is 1.56. The van der Waals surface area contributed by atoms with Gasteiger partial charge in [-0.05, 0) is 54.4 Å². The fraction of sp³-hybridized carbons (Fsp3) is 0.381. The number of phenols is 1. The van der Waals surface area contributed by atoms with E-state index >= 15 is 0 Å². The summed E-state index contributed by atoms with van der Waals surface area (Å²) in [5, 5.41) is 12.5. The summed E-state index contributed by atoms with van der Waals surface area (Å²) in [6.07, 6.45) is 3.57. The minimum atomic E-state index is 0.0678. The largest absolute Gasteiger partial charge is 0.508 e. The first-order valence-electron chi connectivity index (χ1n) is 8.71. The Morgan fingerprint density at radius 1 is 1.04 bits per heavy atom. The van der Waals surface area contributed by atoms with E-state index in [1.165, 1.54) is 5.56 Å². The number of benzene rings is 2. The van der Waals surface area contributed by atoms with Crippen LogP contribution in [0.1, 0.15) is 30.9 Å². The van der Waals surface area contributed by atoms with E-state index in [-0.39, 0.29) is 17.7 Å². The quantitative estimate of drug-likeness (QED) is 0.881. The van der Waals surface area contributed by atoms with Crippen molar-refractivity contribution in [2.24, 2.45) is 11.8 Å². The van der Waals surface area contributed by atoms with Crippen LogP contribution >= 0.6 is 0 Å². The zero-order valence-corrected chi connectivity index (χ0v) is 14.1. The van der Waals surface area contributed by atoms with Crippen molar-refractivity contribution < 1.29 is 9.90 Å². The number of phenolic OH excluding ortho intramolecular Hbond substituents is 1. The van der Waals surface area contributed by atoms with Crippen LogP contribution < -0.4 is 5.32 Å². The predicted octanol–water partition coefficient (Wildman–Crippen LogP) is 3.71. The van der Waals surface area contributed by atoms with Crippen molar-refractivity contribution in [1.29, 1.82) is 0 Å². The van der Waals surface area contributed by atoms with E-state index in [2.05, 4.69) is 36.5 Å². The van der Waals surface area contributed by atoms with Gasteiger partial charge >= 0.3 is 0 Å². The lowest BCUT2D eigenvalue weighted by Crippen LogP contribution is -2.34. The molecule has 2 aromatic rings. The molecule has 24 heavy (non-hydrogen) atoms. The van der Waals surface area contributed by atoms with Gasteiger partial charge in [-0.25, -0.2) is 0 Å². The van der Waals surface area contributed by atoms with E-state index in [1.807, 2.05) is 6.07 Å². The summed E-state index contributed by atoms with van der Waals surface area (Å²) in [5.41, 5.74) is 2.31. The lowest BCUT2D eigenvalue weighted by molar-refractivity contribution is -0.121. The van der Waals surface area contributed by atoms with E-state index in [1.54, 1.807) is 24.3 Å². The number of carbonyl (C=O) groups excluding carboxylic acids is 1. The van der Waals surface area contributed by atoms with Crippen LogP contribution in [0.15, 0.2) is 54.6 Å². The fourth-order valence-corrected chi connectivity index (χ4v) is 3.73. The summed E-state index contributed by atoms with van der Waals surface area (Å²) in [7, 11) is 0. The molecule has 126 valence electrons. The summed E-state index contributed by atoms with van der Waals surface area (Å²) in [6.45, 7) is 2.29. The predicted molar refractivity (Wildman–Crippen MR) is 95.8 cm³/mol. The summed E-state index contributed by atoms with van der Waals surface area (Å²) < 4.78 is 0. The number of hydrogen-bond donors (Lipinski definition) is 2. The van der Waals surface area contributed by atoms with Crippen LogP contribution in [0.2, 0.25) is 0 Å². The molecule has 3 unspecified atom stereocenters. The molecule has 2 aromatic carbocycles. The Labute approximate surface area is 143 Å². The van der Waals surface area contributed by atoms with Crippen LogP contribution in [0.4, 0.5) is 0 Å². The van der Waals surface area contributed by atoms with Gasteiger partial charge in [0.05, 0.1) is 6.42 Å². The summed E-state index contributed by atoms with van der Waals surface area (Å²) >= 11 is 0. The average molecular weight is 323 g/mol. The minimum Gasteiger partial charge on any atom is -0.508 e. The van der Waals surface area contributed by atoms with Crippen molar-refractivity contribution in [2.75, 3.05) is 0 Å². The van der Waals surface area contributed by atoms with Gasteiger partial charge in [0.1, 0.15) is 5.75 Å². The molecule has 0 spiro atoms. The van der Waals surface area contributed by atoms with Crippen LogP contribution in [0.3, 0.4) is 0 Å². The molecule has 1 aliphatic carbocycles. The number of rotatable bonds is 5. The highest BCUT2D eigenvalue weighted by atomic mass is 16.3. The van der Waals surface area contributed by atoms with E-state index in [4.69, 9.17) is 0 Å². The number of aromatic hydroxyl groups is 1. The Balaban J connectivity index is 1.51. The van der Waals surface area contributed by atoms with Crippen LogP contribution in [-0.2, 0) is 17.6 Å². The molecule has 0 radical (unpaired) electrons. The Kier molecular flexibility index (Phi) is 5.19. The first-order chi connectivity index (χ1) is 11.6. The minimum absolute atomic E-state index is 0.0678. The van der Waals surface area contributed by atoms with Gasteiger partial charge in [-0.1, -0.05) is 49.4 Å². The highest BCUT2D eigenvalue weighted by Gasteiger charge is 2.31. The first-order valence-corrected chi connectivity index (χ1v) is 8.71. The van der Waals surface area contributed by atoms with Crippen molar-refractivity contribution in [2.45, 2.75) is 38.6 Å². The molecule has 3 nitrogen and oxygen atoms in total. The molecule has 1 amide bonds. The van der Waals surface area contributed by atoms with Gasteiger partial charge in [0, 0.05) is 6.04 Å². The molecule has 1 aliphatic rings. The molecule has 0 heterocycles. The number of amides is 1. The average Bonchev–Trinajstić information content (AvgIpc) is 2.90. The fourth-order valence-electron chi connectivity index (χ4n) is 3.73. The van der Waals surface area contributed by atoms with Crippen LogP contribution in [-0.4, -0.2) is 17.1 Å². The van der Waals surface area contributed by atoms with Gasteiger partial charge in [-0.15, -0.1) is 0 Å². The third-order valence-corrected chi connectivity index (χ3v) is 5.06. The van der Waals surface area contributed by atoms with Crippen molar-refractivity contribution in [3.8, 4) is 5.75 Å². The molecule has 1 fully saturated rings. The maximum absolute atomic E-state index is 12.3. The molecule has 0 aromatic heterocycles. The highest BCUT2D eigenvalue weighted by molar-refractivity contribution is 5.78. The molecule has 0 bridgehead atoms. The third-order valence-electron chi connectivity index (χ3n) is 5.06. The van der Waals surface area contributed by atoms with Gasteiger partial charge in [-0.3, -0.25) is 4.79 Å². The Morgan fingerprint density at radius 3 is 2.46 bits per heavy atom. The van der Waals surface area contributed by atoms with Gasteiger partial charge < -0.3 is 10.4 Å². The number of hydrogen-bond acceptors (Lipinski definition) is 2. The standard InChI is InChI=1S/C21H25NO2/c1-15-11-19(14-18(15)12-16-5-3-2-4-6-16)22-21(24)13-17-7-9-20(23)10-8-17/h2-10,15,18-19,23H,11-14H2,1H3,(H,22,24). The Morgan fingerprint density at radius 2 is 1.75 bits per heavy atom. The van der Waals surface area contributed by atoms with Crippen molar-refractivity contribution >= 4 is 5.91 Å². The summed E-state index contributed by atoms with van der Waals surface area (Å²) in [6, 6.07) is 17.7. The van der Waals surface area contributed by atoms with Gasteiger partial charge in [0.15, 0.2) is 0 Å². The highest BCUT2D eigenvalue weighted by Crippen LogP contribution is 2.34. The Hall–Kier alpha value is -2.29. The van der Waals surface area contributed by atoms with E-state index in [0.717, 1.165) is 24.8 Å². The van der Waals surface area contributed by atoms with Gasteiger partial charge in [-0.2, -0.15) is 0 Å². The topological polar surface area (TPSA) is 49.3 Å². The van der Waals surface area contributed by atoms with Crippen LogP contribution in [0.25, 0.3) is 0 Å². The van der Waals surface area contributed by atoms with Crippen molar-refractivity contribution in [1.82, 2.24) is 5.32 Å². The molecule has 3 atom stereocenters. The van der Waals surface area contributed by atoms with Crippen LogP contribution in [0.5, 0.6) is 5.75 Å². The second kappa shape index (κ2) is 7.52. The summed E-state index contributed by atoms with van der Waals surface area (Å²) in [4.78, 5) is 12.3. The van der Waals surface area contributed by atoms with E-state index < -0.39 is 0 Å². The smallest absolute Gasteiger partial charge is 0.224 e. The Bertz CT molecular complexity index is 666. The SMILES string of the molecule is CC1CC(NC(=O)Cc2ccc(O)cc2)CC1Cc1ccccc1. The molecule has 3 rings (SSSR count). The second-order valence-electron chi connectivity index (χ2n) is 7.01. The monoisotopic (exact) mass is 323 g/mol. The molecule has 1 saturated carbocycles. The number of carbonyl (C=O) groups is 1. The third kappa shape index (κ3) is 4.38. The maximum Gasteiger partial charge on any atom is 0.224 e. The van der Waals surface area contributed by atoms with Gasteiger partial charge in [0.2, 0.25) is 5.91 Å². The lowest BCUT2D eigenvalue weighted by Gasteiger charge is -2.15.